The van der Waals surface area contributed by atoms with Crippen LogP contribution in [-0.2, 0) is 28.9 Å². The van der Waals surface area contributed by atoms with Crippen molar-refractivity contribution in [1.29, 1.82) is 0 Å². The number of hydrogen-bond acceptors (Lipinski definition) is 10. The molecule has 3 heterocycles. The summed E-state index contributed by atoms with van der Waals surface area (Å²) in [6.07, 6.45) is 7.04. The van der Waals surface area contributed by atoms with E-state index in [2.05, 4.69) is 24.8 Å². The number of benzene rings is 2. The van der Waals surface area contributed by atoms with E-state index in [-0.39, 0.29) is 12.1 Å². The van der Waals surface area contributed by atoms with Gasteiger partial charge in [-0.2, -0.15) is 0 Å². The number of hydrogen-bond donors (Lipinski definition) is 1. The molecule has 0 saturated carbocycles. The van der Waals surface area contributed by atoms with E-state index in [1.807, 2.05) is 66.9 Å². The molecule has 2 amide bonds. The minimum atomic E-state index is -0.471. The molecule has 13 heteroatoms. The fraction of sp³-hybridized carbons (Fsp3) is 0.281. The number of aromatic nitrogens is 4. The van der Waals surface area contributed by atoms with Gasteiger partial charge in [0, 0.05) is 25.8 Å². The van der Waals surface area contributed by atoms with Crippen LogP contribution in [0.1, 0.15) is 16.8 Å². The first-order valence-corrected chi connectivity index (χ1v) is 16.1. The number of nitrogens with one attached hydrogen (secondary N) is 1. The molecule has 1 N–H and O–H groups in total. The maximum Gasteiger partial charge on any atom is 0.415 e. The Morgan fingerprint density at radius 3 is 1.64 bits per heavy atom. The number of thiazole rings is 2. The summed E-state index contributed by atoms with van der Waals surface area (Å²) in [7, 11) is 2.77. The summed E-state index contributed by atoms with van der Waals surface area (Å²) in [4.78, 5) is 48.4. The number of ether oxygens (including phenoxy) is 2. The highest BCUT2D eigenvalue weighted by Crippen LogP contribution is 2.28. The Hall–Kier alpha value is -4.59. The Bertz CT molecular complexity index is 1470. The van der Waals surface area contributed by atoms with Crippen LogP contribution in [0, 0.1) is 0 Å². The molecule has 0 aliphatic carbocycles. The van der Waals surface area contributed by atoms with Gasteiger partial charge in [-0.3, -0.25) is 24.7 Å². The Balaban J connectivity index is 1.54. The standard InChI is InChI=1S/C32H35N7O4S2/c1-42-31(40)38(29-16-34-22-44-29)27(13-24-9-5-3-6-10-24)19-37(18-26-15-33-21-36-26)20-28(14-25-11-7-4-8-12-25)39(32(41)43-2)30-17-35-23-45-30/h3-12,15-17,21-23,27-28H,13-14,18-20H2,1-2H3,(H,33,36)/t27-,28-/m0/s1. The molecule has 234 valence electrons. The highest BCUT2D eigenvalue weighted by atomic mass is 32.1. The van der Waals surface area contributed by atoms with Crippen molar-refractivity contribution in [2.45, 2.75) is 31.5 Å². The first-order valence-electron chi connectivity index (χ1n) is 14.3. The highest BCUT2D eigenvalue weighted by molar-refractivity contribution is 7.14. The maximum atomic E-state index is 13.4. The van der Waals surface area contributed by atoms with E-state index in [9.17, 15) is 9.59 Å². The molecule has 5 aromatic rings. The maximum absolute atomic E-state index is 13.4. The van der Waals surface area contributed by atoms with E-state index in [0.29, 0.717) is 42.5 Å². The second-order valence-electron chi connectivity index (χ2n) is 10.3. The molecule has 0 saturated heterocycles. The lowest BCUT2D eigenvalue weighted by atomic mass is 10.0. The average molecular weight is 646 g/mol. The lowest BCUT2D eigenvalue weighted by Gasteiger charge is -2.37. The zero-order valence-electron chi connectivity index (χ0n) is 25.1. The molecule has 11 nitrogen and oxygen atoms in total. The van der Waals surface area contributed by atoms with Crippen molar-refractivity contribution in [3.63, 3.8) is 0 Å². The van der Waals surface area contributed by atoms with Gasteiger partial charge in [0.05, 0.1) is 61.7 Å². The van der Waals surface area contributed by atoms with E-state index in [1.54, 1.807) is 39.5 Å². The van der Waals surface area contributed by atoms with Crippen LogP contribution in [0.3, 0.4) is 0 Å². The van der Waals surface area contributed by atoms with Gasteiger partial charge in [0.1, 0.15) is 10.0 Å². The SMILES string of the molecule is COC(=O)N(c1cncs1)[C@@H](Cc1ccccc1)CN(Cc1c[nH]cn1)C[C@H](Cc1ccccc1)N(C(=O)OC)c1cncs1. The van der Waals surface area contributed by atoms with Crippen LogP contribution >= 0.6 is 22.7 Å². The first kappa shape index (κ1) is 31.8. The Morgan fingerprint density at radius 1 is 0.778 bits per heavy atom. The van der Waals surface area contributed by atoms with Gasteiger partial charge in [-0.05, 0) is 24.0 Å². The molecule has 0 aliphatic rings. The highest BCUT2D eigenvalue weighted by Gasteiger charge is 2.33. The van der Waals surface area contributed by atoms with Crippen molar-refractivity contribution in [1.82, 2.24) is 24.8 Å². The summed E-state index contributed by atoms with van der Waals surface area (Å²) in [5.74, 6) is 0. The molecule has 2 aromatic carbocycles. The van der Waals surface area contributed by atoms with Crippen LogP contribution in [-0.4, -0.2) is 76.4 Å². The third-order valence-electron chi connectivity index (χ3n) is 7.29. The molecule has 2 atom stereocenters. The van der Waals surface area contributed by atoms with Gasteiger partial charge >= 0.3 is 12.2 Å². The zero-order valence-corrected chi connectivity index (χ0v) is 26.7. The molecule has 3 aromatic heterocycles. The summed E-state index contributed by atoms with van der Waals surface area (Å²) in [5, 5.41) is 1.37. The van der Waals surface area contributed by atoms with E-state index in [0.717, 1.165) is 16.8 Å². The van der Waals surface area contributed by atoms with E-state index in [1.165, 1.54) is 36.9 Å². The van der Waals surface area contributed by atoms with Crippen molar-refractivity contribution in [2.75, 3.05) is 37.1 Å². The van der Waals surface area contributed by atoms with Gasteiger partial charge in [0.25, 0.3) is 0 Å². The van der Waals surface area contributed by atoms with Crippen molar-refractivity contribution in [2.24, 2.45) is 0 Å². The van der Waals surface area contributed by atoms with E-state index < -0.39 is 12.2 Å². The predicted molar refractivity (Wildman–Crippen MR) is 176 cm³/mol. The number of anilines is 2. The third-order valence-corrected chi connectivity index (χ3v) is 8.83. The number of carbonyl (C=O) groups excluding carboxylic acids is 2. The molecule has 0 fully saturated rings. The number of aromatic amines is 1. The second kappa shape index (κ2) is 15.9. The molecule has 0 aliphatic heterocycles. The number of amides is 2. The first-order chi connectivity index (χ1) is 22.1. The monoisotopic (exact) mass is 645 g/mol. The summed E-state index contributed by atoms with van der Waals surface area (Å²) < 4.78 is 10.6. The fourth-order valence-electron chi connectivity index (χ4n) is 5.34. The van der Waals surface area contributed by atoms with Gasteiger partial charge in [-0.1, -0.05) is 60.7 Å². The van der Waals surface area contributed by atoms with Crippen LogP contribution < -0.4 is 9.80 Å². The van der Waals surface area contributed by atoms with Crippen LogP contribution in [0.15, 0.2) is 96.6 Å². The molecule has 0 spiro atoms. The third kappa shape index (κ3) is 8.53. The van der Waals surface area contributed by atoms with Gasteiger partial charge in [0.15, 0.2) is 0 Å². The Morgan fingerprint density at radius 2 is 1.27 bits per heavy atom. The Labute approximate surface area is 270 Å². The van der Waals surface area contributed by atoms with E-state index >= 15 is 0 Å². The number of imidazole rings is 1. The van der Waals surface area contributed by atoms with Gasteiger partial charge < -0.3 is 14.5 Å². The molecule has 45 heavy (non-hydrogen) atoms. The number of nitrogens with zero attached hydrogens (tertiary/aromatic N) is 6. The number of rotatable bonds is 14. The molecular weight excluding hydrogens is 611 g/mol. The van der Waals surface area contributed by atoms with Gasteiger partial charge in [-0.15, -0.1) is 22.7 Å². The fourth-order valence-corrected chi connectivity index (χ4v) is 6.72. The zero-order chi connectivity index (χ0) is 31.4. The van der Waals surface area contributed by atoms with Crippen LogP contribution in [0.2, 0.25) is 0 Å². The smallest absolute Gasteiger partial charge is 0.415 e. The lowest BCUT2D eigenvalue weighted by molar-refractivity contribution is 0.164. The largest absolute Gasteiger partial charge is 0.452 e. The average Bonchev–Trinajstić information content (AvgIpc) is 3.87. The second-order valence-corrected chi connectivity index (χ2v) is 12.0. The minimum Gasteiger partial charge on any atom is -0.452 e. The molecule has 0 unspecified atom stereocenters. The summed E-state index contributed by atoms with van der Waals surface area (Å²) >= 11 is 2.75. The molecule has 0 bridgehead atoms. The quantitative estimate of drug-likeness (QED) is 0.159. The normalized spacial score (nSPS) is 12.4. The minimum absolute atomic E-state index is 0.341. The van der Waals surface area contributed by atoms with Gasteiger partial charge in [-0.25, -0.2) is 14.6 Å². The van der Waals surface area contributed by atoms with Crippen molar-refractivity contribution in [3.8, 4) is 0 Å². The number of carbonyl (C=O) groups is 2. The van der Waals surface area contributed by atoms with Crippen molar-refractivity contribution in [3.05, 3.63) is 113 Å². The predicted octanol–water partition coefficient (Wildman–Crippen LogP) is 5.89. The van der Waals surface area contributed by atoms with Gasteiger partial charge in [0.2, 0.25) is 0 Å². The summed E-state index contributed by atoms with van der Waals surface area (Å²) in [5.41, 5.74) is 6.37. The van der Waals surface area contributed by atoms with Crippen LogP contribution in [0.25, 0.3) is 0 Å². The lowest BCUT2D eigenvalue weighted by Crippen LogP contribution is -2.53. The molecular formula is C32H35N7O4S2. The van der Waals surface area contributed by atoms with Crippen LogP contribution in [0.4, 0.5) is 19.6 Å². The molecule has 0 radical (unpaired) electrons. The topological polar surface area (TPSA) is 117 Å². The van der Waals surface area contributed by atoms with Crippen LogP contribution in [0.5, 0.6) is 0 Å². The number of methoxy groups -OCH3 is 2. The Kier molecular flexibility index (Phi) is 11.3. The summed E-state index contributed by atoms with van der Waals surface area (Å²) in [6.45, 7) is 1.35. The van der Waals surface area contributed by atoms with Crippen molar-refractivity contribution >= 4 is 44.9 Å². The summed E-state index contributed by atoms with van der Waals surface area (Å²) in [6, 6.07) is 19.4. The molecule has 5 rings (SSSR count). The number of H-pyrrole nitrogens is 1. The van der Waals surface area contributed by atoms with E-state index in [4.69, 9.17) is 9.47 Å². The van der Waals surface area contributed by atoms with Crippen molar-refractivity contribution < 1.29 is 19.1 Å².